The van der Waals surface area contributed by atoms with Crippen LogP contribution in [0.15, 0.2) is 97.1 Å². The second kappa shape index (κ2) is 14.0. The Morgan fingerprint density at radius 1 is 0.756 bits per heavy atom. The van der Waals surface area contributed by atoms with Crippen molar-refractivity contribution in [2.75, 3.05) is 20.3 Å². The molecule has 7 nitrogen and oxygen atoms in total. The molecule has 41 heavy (non-hydrogen) atoms. The summed E-state index contributed by atoms with van der Waals surface area (Å²) in [6, 6.07) is 29.9. The molecule has 0 heterocycles. The first-order valence-corrected chi connectivity index (χ1v) is 13.6. The summed E-state index contributed by atoms with van der Waals surface area (Å²) in [7, 11) is 1.63. The zero-order valence-corrected chi connectivity index (χ0v) is 23.5. The number of amides is 1. The zero-order valence-electron chi connectivity index (χ0n) is 23.5. The van der Waals surface area contributed by atoms with Crippen molar-refractivity contribution in [2.24, 2.45) is 0 Å². The monoisotopic (exact) mass is 553 g/mol. The van der Waals surface area contributed by atoms with Crippen LogP contribution in [0.4, 0.5) is 0 Å². The Bertz CT molecular complexity index is 1410. The number of rotatable bonds is 13. The summed E-state index contributed by atoms with van der Waals surface area (Å²) < 4.78 is 16.7. The van der Waals surface area contributed by atoms with E-state index in [1.165, 1.54) is 5.56 Å². The van der Waals surface area contributed by atoms with Gasteiger partial charge in [-0.1, -0.05) is 62.4 Å². The van der Waals surface area contributed by atoms with Crippen molar-refractivity contribution in [1.29, 1.82) is 0 Å². The highest BCUT2D eigenvalue weighted by molar-refractivity contribution is 5.94. The van der Waals surface area contributed by atoms with Gasteiger partial charge in [0, 0.05) is 12.0 Å². The Labute approximate surface area is 240 Å². The van der Waals surface area contributed by atoms with Gasteiger partial charge in [-0.15, -0.1) is 0 Å². The van der Waals surface area contributed by atoms with E-state index in [0.29, 0.717) is 36.1 Å². The maximum atomic E-state index is 12.5. The third-order valence-corrected chi connectivity index (χ3v) is 6.67. The van der Waals surface area contributed by atoms with E-state index in [1.807, 2.05) is 60.7 Å². The highest BCUT2D eigenvalue weighted by Crippen LogP contribution is 2.23. The second-order valence-electron chi connectivity index (χ2n) is 9.93. The van der Waals surface area contributed by atoms with Gasteiger partial charge in [-0.25, -0.2) is 4.79 Å². The average molecular weight is 554 g/mol. The molecule has 7 heteroatoms. The number of hydrogen-bond acceptors (Lipinski definition) is 5. The van der Waals surface area contributed by atoms with E-state index in [4.69, 9.17) is 14.2 Å². The maximum Gasteiger partial charge on any atom is 0.345 e. The van der Waals surface area contributed by atoms with Crippen molar-refractivity contribution in [1.82, 2.24) is 5.32 Å². The van der Waals surface area contributed by atoms with Crippen LogP contribution in [-0.2, 0) is 11.2 Å². The summed E-state index contributed by atoms with van der Waals surface area (Å²) in [6.45, 7) is 4.83. The number of carboxylic acids is 1. The smallest absolute Gasteiger partial charge is 0.345 e. The number of carbonyl (C=O) groups excluding carboxylic acids is 1. The molecule has 4 aromatic carbocycles. The van der Waals surface area contributed by atoms with E-state index in [9.17, 15) is 14.7 Å². The lowest BCUT2D eigenvalue weighted by atomic mass is 10.0. The van der Waals surface area contributed by atoms with Crippen LogP contribution in [0, 0.1) is 0 Å². The van der Waals surface area contributed by atoms with E-state index in [0.717, 1.165) is 22.4 Å². The molecule has 0 aliphatic heterocycles. The van der Waals surface area contributed by atoms with E-state index in [-0.39, 0.29) is 12.3 Å². The third-order valence-electron chi connectivity index (χ3n) is 6.67. The van der Waals surface area contributed by atoms with Gasteiger partial charge >= 0.3 is 5.97 Å². The first-order chi connectivity index (χ1) is 19.8. The van der Waals surface area contributed by atoms with Crippen LogP contribution in [0.3, 0.4) is 0 Å². The Kier molecular flexibility index (Phi) is 9.99. The van der Waals surface area contributed by atoms with Gasteiger partial charge in [-0.05, 0) is 76.7 Å². The van der Waals surface area contributed by atoms with Crippen LogP contribution < -0.4 is 19.5 Å². The summed E-state index contributed by atoms with van der Waals surface area (Å²) in [5.74, 6) is 1.14. The molecule has 212 valence electrons. The first kappa shape index (κ1) is 29.2. The summed E-state index contributed by atoms with van der Waals surface area (Å²) in [6.07, 6.45) is -0.790. The van der Waals surface area contributed by atoms with Crippen molar-refractivity contribution < 1.29 is 28.9 Å². The standard InChI is InChI=1S/C34H35NO6/c1-23(2)25-10-18-31(19-11-25)41-32(34(37)38)22-24-4-14-30(15-5-24)40-21-20-35-33(36)28-8-6-26(7-9-28)27-12-16-29(39-3)17-13-27/h4-19,23,32H,20-22H2,1-3H3,(H,35,36)(H,37,38). The minimum Gasteiger partial charge on any atom is -0.497 e. The number of ether oxygens (including phenoxy) is 3. The van der Waals surface area contributed by atoms with Crippen molar-refractivity contribution in [3.63, 3.8) is 0 Å². The molecule has 4 rings (SSSR count). The minimum atomic E-state index is -1.02. The molecular weight excluding hydrogens is 518 g/mol. The van der Waals surface area contributed by atoms with Gasteiger partial charge in [0.2, 0.25) is 0 Å². The van der Waals surface area contributed by atoms with E-state index < -0.39 is 12.1 Å². The summed E-state index contributed by atoms with van der Waals surface area (Å²) in [4.78, 5) is 24.3. The quantitative estimate of drug-likeness (QED) is 0.187. The molecule has 4 aromatic rings. The molecule has 0 aromatic heterocycles. The zero-order chi connectivity index (χ0) is 29.2. The predicted octanol–water partition coefficient (Wildman–Crippen LogP) is 6.37. The SMILES string of the molecule is COc1ccc(-c2ccc(C(=O)NCCOc3ccc(CC(Oc4ccc(C(C)C)cc4)C(=O)O)cc3)cc2)cc1. The fraction of sp³-hybridized carbons (Fsp3) is 0.235. The maximum absolute atomic E-state index is 12.5. The minimum absolute atomic E-state index is 0.177. The summed E-state index contributed by atoms with van der Waals surface area (Å²) in [5, 5.41) is 12.5. The normalized spacial score (nSPS) is 11.5. The number of hydrogen-bond donors (Lipinski definition) is 2. The fourth-order valence-electron chi connectivity index (χ4n) is 4.24. The molecule has 0 radical (unpaired) electrons. The molecule has 0 fully saturated rings. The molecule has 0 saturated heterocycles. The lowest BCUT2D eigenvalue weighted by molar-refractivity contribution is -0.145. The molecule has 0 saturated carbocycles. The van der Waals surface area contributed by atoms with Crippen molar-refractivity contribution in [2.45, 2.75) is 32.3 Å². The van der Waals surface area contributed by atoms with Crippen LogP contribution in [0.5, 0.6) is 17.2 Å². The number of methoxy groups -OCH3 is 1. The topological polar surface area (TPSA) is 94.1 Å². The van der Waals surface area contributed by atoms with Gasteiger partial charge in [-0.3, -0.25) is 4.79 Å². The van der Waals surface area contributed by atoms with Gasteiger partial charge in [0.05, 0.1) is 13.7 Å². The van der Waals surface area contributed by atoms with Crippen molar-refractivity contribution in [3.8, 4) is 28.4 Å². The molecule has 2 N–H and O–H groups in total. The number of nitrogens with one attached hydrogen (secondary N) is 1. The fourth-order valence-corrected chi connectivity index (χ4v) is 4.24. The summed E-state index contributed by atoms with van der Waals surface area (Å²) in [5.41, 5.74) is 4.60. The van der Waals surface area contributed by atoms with Gasteiger partial charge < -0.3 is 24.6 Å². The van der Waals surface area contributed by atoms with Crippen molar-refractivity contribution in [3.05, 3.63) is 114 Å². The molecule has 1 amide bonds. The lowest BCUT2D eigenvalue weighted by Crippen LogP contribution is -2.29. The van der Waals surface area contributed by atoms with Crippen molar-refractivity contribution >= 4 is 11.9 Å². The summed E-state index contributed by atoms with van der Waals surface area (Å²) >= 11 is 0. The Balaban J connectivity index is 1.22. The van der Waals surface area contributed by atoms with Crippen LogP contribution in [0.2, 0.25) is 0 Å². The van der Waals surface area contributed by atoms with Gasteiger partial charge in [0.25, 0.3) is 5.91 Å². The number of benzene rings is 4. The average Bonchev–Trinajstić information content (AvgIpc) is 3.00. The molecular formula is C34H35NO6. The molecule has 0 spiro atoms. The molecule has 0 aliphatic carbocycles. The van der Waals surface area contributed by atoms with E-state index in [1.54, 1.807) is 43.5 Å². The Morgan fingerprint density at radius 3 is 1.88 bits per heavy atom. The largest absolute Gasteiger partial charge is 0.497 e. The molecule has 0 bridgehead atoms. The molecule has 0 aliphatic rings. The number of aliphatic carboxylic acids is 1. The first-order valence-electron chi connectivity index (χ1n) is 13.6. The lowest BCUT2D eigenvalue weighted by Gasteiger charge is -2.16. The van der Waals surface area contributed by atoms with E-state index >= 15 is 0 Å². The Hall–Kier alpha value is -4.78. The Morgan fingerprint density at radius 2 is 1.32 bits per heavy atom. The van der Waals surface area contributed by atoms with Gasteiger partial charge in [-0.2, -0.15) is 0 Å². The van der Waals surface area contributed by atoms with Crippen LogP contribution >= 0.6 is 0 Å². The van der Waals surface area contributed by atoms with Gasteiger partial charge in [0.15, 0.2) is 6.10 Å². The highest BCUT2D eigenvalue weighted by Gasteiger charge is 2.20. The highest BCUT2D eigenvalue weighted by atomic mass is 16.5. The number of carbonyl (C=O) groups is 2. The number of carboxylic acid groups (broad SMARTS) is 1. The van der Waals surface area contributed by atoms with E-state index in [2.05, 4.69) is 19.2 Å². The van der Waals surface area contributed by atoms with Crippen LogP contribution in [0.1, 0.15) is 41.3 Å². The second-order valence-corrected chi connectivity index (χ2v) is 9.93. The van der Waals surface area contributed by atoms with Crippen LogP contribution in [0.25, 0.3) is 11.1 Å². The third kappa shape index (κ3) is 8.35. The molecule has 1 unspecified atom stereocenters. The molecule has 1 atom stereocenters. The predicted molar refractivity (Wildman–Crippen MR) is 159 cm³/mol. The van der Waals surface area contributed by atoms with Crippen LogP contribution in [-0.4, -0.2) is 43.3 Å². The van der Waals surface area contributed by atoms with Gasteiger partial charge in [0.1, 0.15) is 23.9 Å².